The zero-order chi connectivity index (χ0) is 14.5. The Bertz CT molecular complexity index is 412. The van der Waals surface area contributed by atoms with E-state index in [1.165, 1.54) is 0 Å². The fraction of sp³-hybridized carbons (Fsp3) is 0.615. The molecule has 106 valence electrons. The first-order valence-corrected chi connectivity index (χ1v) is 6.22. The average molecular weight is 266 g/mol. The zero-order valence-electron chi connectivity index (χ0n) is 12.2. The maximum Gasteiger partial charge on any atom is 0.319 e. The smallest absolute Gasteiger partial charge is 0.319 e. The zero-order valence-corrected chi connectivity index (χ0v) is 12.2. The number of amides is 2. The van der Waals surface area contributed by atoms with Gasteiger partial charge in [-0.05, 0) is 6.92 Å². The number of rotatable bonds is 4. The van der Waals surface area contributed by atoms with Gasteiger partial charge >= 0.3 is 6.03 Å². The highest BCUT2D eigenvalue weighted by Crippen LogP contribution is 2.18. The Balaban J connectivity index is 2.56. The molecule has 0 radical (unpaired) electrons. The number of nitrogens with one attached hydrogen (secondary N) is 2. The number of nitrogens with zero attached hydrogens (tertiary/aromatic N) is 2. The third-order valence-corrected chi connectivity index (χ3v) is 2.37. The highest BCUT2D eigenvalue weighted by Gasteiger charge is 2.17. The normalized spacial score (nSPS) is 12.9. The Morgan fingerprint density at radius 3 is 2.42 bits per heavy atom. The maximum atomic E-state index is 11.6. The molecular weight excluding hydrogens is 244 g/mol. The van der Waals surface area contributed by atoms with Crippen LogP contribution in [0.3, 0.4) is 0 Å². The third kappa shape index (κ3) is 5.21. The lowest BCUT2D eigenvalue weighted by Gasteiger charge is -2.17. The van der Waals surface area contributed by atoms with E-state index in [1.54, 1.807) is 19.5 Å². The molecule has 2 N–H and O–H groups in total. The van der Waals surface area contributed by atoms with Crippen molar-refractivity contribution in [2.45, 2.75) is 39.2 Å². The summed E-state index contributed by atoms with van der Waals surface area (Å²) >= 11 is 0. The van der Waals surface area contributed by atoms with Crippen LogP contribution >= 0.6 is 0 Å². The first-order valence-electron chi connectivity index (χ1n) is 6.22. The number of methoxy groups -OCH3 is 1. The molecule has 1 rings (SSSR count). The van der Waals surface area contributed by atoms with Gasteiger partial charge in [0.2, 0.25) is 0 Å². The molecule has 1 aromatic rings. The first-order chi connectivity index (χ1) is 8.82. The SMILES string of the molecule is COCC(C)NC(=O)Nc1cnc(C(C)(C)C)nc1. The molecule has 1 aromatic heterocycles. The van der Waals surface area contributed by atoms with E-state index in [2.05, 4.69) is 20.6 Å². The molecule has 1 atom stereocenters. The highest BCUT2D eigenvalue weighted by atomic mass is 16.5. The van der Waals surface area contributed by atoms with Gasteiger partial charge in [-0.2, -0.15) is 0 Å². The van der Waals surface area contributed by atoms with Crippen LogP contribution in [0.1, 0.15) is 33.5 Å². The number of carbonyl (C=O) groups excluding carboxylic acids is 1. The minimum atomic E-state index is -0.295. The summed E-state index contributed by atoms with van der Waals surface area (Å²) in [7, 11) is 1.59. The van der Waals surface area contributed by atoms with Gasteiger partial charge < -0.3 is 15.4 Å². The van der Waals surface area contributed by atoms with Crippen molar-refractivity contribution >= 4 is 11.7 Å². The largest absolute Gasteiger partial charge is 0.383 e. The van der Waals surface area contributed by atoms with Crippen LogP contribution in [0.4, 0.5) is 10.5 Å². The van der Waals surface area contributed by atoms with Crippen LogP contribution in [0.15, 0.2) is 12.4 Å². The van der Waals surface area contributed by atoms with E-state index in [0.717, 1.165) is 5.82 Å². The number of anilines is 1. The Hall–Kier alpha value is -1.69. The summed E-state index contributed by atoms with van der Waals surface area (Å²) in [6, 6.07) is -0.351. The second-order valence-corrected chi connectivity index (χ2v) is 5.50. The molecule has 1 heterocycles. The predicted octanol–water partition coefficient (Wildman–Crippen LogP) is 1.93. The van der Waals surface area contributed by atoms with Crippen molar-refractivity contribution in [2.24, 2.45) is 0 Å². The van der Waals surface area contributed by atoms with Crippen LogP contribution in [-0.4, -0.2) is 35.8 Å². The molecule has 6 heteroatoms. The van der Waals surface area contributed by atoms with E-state index < -0.39 is 0 Å². The van der Waals surface area contributed by atoms with Crippen molar-refractivity contribution < 1.29 is 9.53 Å². The average Bonchev–Trinajstić information content (AvgIpc) is 2.28. The Kier molecular flexibility index (Phi) is 5.23. The summed E-state index contributed by atoms with van der Waals surface area (Å²) in [5.41, 5.74) is 0.462. The van der Waals surface area contributed by atoms with E-state index in [0.29, 0.717) is 12.3 Å². The van der Waals surface area contributed by atoms with Crippen LogP contribution in [-0.2, 0) is 10.2 Å². The highest BCUT2D eigenvalue weighted by molar-refractivity contribution is 5.89. The molecule has 19 heavy (non-hydrogen) atoms. The molecule has 0 aliphatic carbocycles. The minimum Gasteiger partial charge on any atom is -0.383 e. The molecule has 6 nitrogen and oxygen atoms in total. The van der Waals surface area contributed by atoms with E-state index in [-0.39, 0.29) is 17.5 Å². The monoisotopic (exact) mass is 266 g/mol. The van der Waals surface area contributed by atoms with Gasteiger partial charge in [0.25, 0.3) is 0 Å². The topological polar surface area (TPSA) is 76.1 Å². The van der Waals surface area contributed by atoms with Gasteiger partial charge in [0.15, 0.2) is 0 Å². The van der Waals surface area contributed by atoms with Crippen LogP contribution in [0.5, 0.6) is 0 Å². The lowest BCUT2D eigenvalue weighted by Crippen LogP contribution is -2.38. The number of urea groups is 1. The van der Waals surface area contributed by atoms with Crippen molar-refractivity contribution in [3.8, 4) is 0 Å². The molecular formula is C13H22N4O2. The Morgan fingerprint density at radius 2 is 1.95 bits per heavy atom. The van der Waals surface area contributed by atoms with Crippen molar-refractivity contribution in [3.63, 3.8) is 0 Å². The molecule has 0 saturated carbocycles. The number of ether oxygens (including phenoxy) is 1. The molecule has 0 aliphatic rings. The summed E-state index contributed by atoms with van der Waals surface area (Å²) in [6.07, 6.45) is 3.21. The molecule has 0 bridgehead atoms. The molecule has 0 aliphatic heterocycles. The number of hydrogen-bond acceptors (Lipinski definition) is 4. The minimum absolute atomic E-state index is 0.0558. The summed E-state index contributed by atoms with van der Waals surface area (Å²) in [5.74, 6) is 0.742. The molecule has 0 fully saturated rings. The number of aromatic nitrogens is 2. The number of carbonyl (C=O) groups is 1. The van der Waals surface area contributed by atoms with Crippen molar-refractivity contribution in [2.75, 3.05) is 19.0 Å². The lowest BCUT2D eigenvalue weighted by molar-refractivity contribution is 0.173. The molecule has 0 aromatic carbocycles. The van der Waals surface area contributed by atoms with E-state index in [1.807, 2.05) is 27.7 Å². The summed E-state index contributed by atoms with van der Waals surface area (Å²) in [4.78, 5) is 20.1. The van der Waals surface area contributed by atoms with E-state index in [9.17, 15) is 4.79 Å². The fourth-order valence-corrected chi connectivity index (χ4v) is 1.46. The maximum absolute atomic E-state index is 11.6. The van der Waals surface area contributed by atoms with Gasteiger partial charge in [-0.1, -0.05) is 20.8 Å². The van der Waals surface area contributed by atoms with Gasteiger partial charge in [0.05, 0.1) is 30.7 Å². The van der Waals surface area contributed by atoms with E-state index >= 15 is 0 Å². The number of hydrogen-bond donors (Lipinski definition) is 2. The molecule has 2 amide bonds. The summed E-state index contributed by atoms with van der Waals surface area (Å²) < 4.78 is 4.94. The quantitative estimate of drug-likeness (QED) is 0.873. The van der Waals surface area contributed by atoms with Gasteiger partial charge in [-0.3, -0.25) is 0 Å². The standard InChI is InChI=1S/C13H22N4O2/c1-9(8-19-5)16-12(18)17-10-6-14-11(15-7-10)13(2,3)4/h6-7,9H,8H2,1-5H3,(H2,16,17,18). The van der Waals surface area contributed by atoms with Crippen LogP contribution in [0.2, 0.25) is 0 Å². The van der Waals surface area contributed by atoms with Gasteiger partial charge in [-0.25, -0.2) is 14.8 Å². The molecule has 0 saturated heterocycles. The van der Waals surface area contributed by atoms with E-state index in [4.69, 9.17) is 4.74 Å². The Labute approximate surface area is 114 Å². The lowest BCUT2D eigenvalue weighted by atomic mass is 9.96. The van der Waals surface area contributed by atoms with Gasteiger partial charge in [0, 0.05) is 12.5 Å². The molecule has 0 spiro atoms. The summed E-state index contributed by atoms with van der Waals surface area (Å²) in [5, 5.41) is 5.42. The second kappa shape index (κ2) is 6.47. The first kappa shape index (κ1) is 15.4. The predicted molar refractivity (Wildman–Crippen MR) is 74.2 cm³/mol. The van der Waals surface area contributed by atoms with Crippen LogP contribution in [0.25, 0.3) is 0 Å². The fourth-order valence-electron chi connectivity index (χ4n) is 1.46. The van der Waals surface area contributed by atoms with Crippen molar-refractivity contribution in [1.82, 2.24) is 15.3 Å². The van der Waals surface area contributed by atoms with Crippen LogP contribution < -0.4 is 10.6 Å². The van der Waals surface area contributed by atoms with Crippen LogP contribution in [0, 0.1) is 0 Å². The van der Waals surface area contributed by atoms with Crippen molar-refractivity contribution in [1.29, 1.82) is 0 Å². The summed E-state index contributed by atoms with van der Waals surface area (Å²) in [6.45, 7) is 8.44. The molecule has 1 unspecified atom stereocenters. The second-order valence-electron chi connectivity index (χ2n) is 5.50. The third-order valence-electron chi connectivity index (χ3n) is 2.37. The van der Waals surface area contributed by atoms with Gasteiger partial charge in [0.1, 0.15) is 5.82 Å². The van der Waals surface area contributed by atoms with Crippen molar-refractivity contribution in [3.05, 3.63) is 18.2 Å². The van der Waals surface area contributed by atoms with Gasteiger partial charge in [-0.15, -0.1) is 0 Å². The Morgan fingerprint density at radius 1 is 1.37 bits per heavy atom.